The van der Waals surface area contributed by atoms with Gasteiger partial charge >= 0.3 is 6.18 Å². The second-order valence-electron chi connectivity index (χ2n) is 7.49. The predicted molar refractivity (Wildman–Crippen MR) is 119 cm³/mol. The Morgan fingerprint density at radius 1 is 1.00 bits per heavy atom. The van der Waals surface area contributed by atoms with Crippen molar-refractivity contribution in [2.75, 3.05) is 0 Å². The topological polar surface area (TPSA) is 34.9 Å². The highest BCUT2D eigenvalue weighted by atomic mass is 19.4. The van der Waals surface area contributed by atoms with Crippen molar-refractivity contribution in [2.45, 2.75) is 50.7 Å². The number of para-hydroxylation sites is 1. The van der Waals surface area contributed by atoms with Crippen LogP contribution in [0.4, 0.5) is 13.2 Å². The lowest BCUT2D eigenvalue weighted by Gasteiger charge is -2.14. The highest BCUT2D eigenvalue weighted by Gasteiger charge is 2.36. The number of unbranched alkanes of at least 4 members (excludes halogenated alkanes) is 2. The summed E-state index contributed by atoms with van der Waals surface area (Å²) in [5.74, 6) is 4.16. The minimum atomic E-state index is -4.55. The number of hydrogen-bond acceptors (Lipinski definition) is 2. The third-order valence-corrected chi connectivity index (χ3v) is 5.31. The van der Waals surface area contributed by atoms with Crippen LogP contribution >= 0.6 is 0 Å². The molecule has 6 heteroatoms. The van der Waals surface area contributed by atoms with Gasteiger partial charge in [0.1, 0.15) is 0 Å². The molecule has 0 N–H and O–H groups in total. The standard InChI is InChI=1S/C26H23F3N2O/c1-3-5-8-15-21(25(32)19-13-9-7-10-14-19)23-20-16-12-17-22(26(27,28)29)24(20)31(30-23)18-11-6-4-2/h1-2,7,9-10,12-14,16-17,21H,5-6,8,11,15,18H2. The Bertz CT molecular complexity index is 1160. The number of hydrogen-bond donors (Lipinski definition) is 0. The van der Waals surface area contributed by atoms with E-state index in [9.17, 15) is 18.0 Å². The largest absolute Gasteiger partial charge is 0.418 e. The van der Waals surface area contributed by atoms with Gasteiger partial charge in [0.05, 0.1) is 22.7 Å². The minimum Gasteiger partial charge on any atom is -0.293 e. The summed E-state index contributed by atoms with van der Waals surface area (Å²) in [6, 6.07) is 12.7. The molecule has 1 aromatic heterocycles. The number of aromatic nitrogens is 2. The van der Waals surface area contributed by atoms with E-state index in [1.165, 1.54) is 10.7 Å². The molecule has 0 spiro atoms. The van der Waals surface area contributed by atoms with Crippen molar-refractivity contribution < 1.29 is 18.0 Å². The lowest BCUT2D eigenvalue weighted by Crippen LogP contribution is -2.15. The average Bonchev–Trinajstić information content (AvgIpc) is 3.15. The molecule has 0 amide bonds. The molecule has 0 saturated carbocycles. The zero-order valence-corrected chi connectivity index (χ0v) is 17.5. The number of rotatable bonds is 9. The van der Waals surface area contributed by atoms with Crippen LogP contribution in [0.3, 0.4) is 0 Å². The number of ketones is 1. The molecule has 0 bridgehead atoms. The van der Waals surface area contributed by atoms with Crippen LogP contribution in [0.5, 0.6) is 0 Å². The van der Waals surface area contributed by atoms with Gasteiger partial charge in [-0.3, -0.25) is 9.48 Å². The molecule has 0 fully saturated rings. The van der Waals surface area contributed by atoms with Gasteiger partial charge < -0.3 is 0 Å². The molecular weight excluding hydrogens is 413 g/mol. The van der Waals surface area contributed by atoms with Crippen molar-refractivity contribution in [3.8, 4) is 24.7 Å². The number of carbonyl (C=O) groups excluding carboxylic acids is 1. The van der Waals surface area contributed by atoms with E-state index in [-0.39, 0.29) is 17.8 Å². The number of halogens is 3. The second-order valence-corrected chi connectivity index (χ2v) is 7.49. The monoisotopic (exact) mass is 436 g/mol. The van der Waals surface area contributed by atoms with Gasteiger partial charge in [0.25, 0.3) is 0 Å². The first-order chi connectivity index (χ1) is 15.4. The van der Waals surface area contributed by atoms with Crippen molar-refractivity contribution in [1.29, 1.82) is 0 Å². The molecule has 0 saturated heterocycles. The molecular formula is C26H23F3N2O. The smallest absolute Gasteiger partial charge is 0.293 e. The number of Topliss-reactive ketones (excluding diaryl/α,β-unsaturated/α-hetero) is 1. The zero-order chi connectivity index (χ0) is 23.1. The van der Waals surface area contributed by atoms with Crippen molar-refractivity contribution >= 4 is 16.7 Å². The highest BCUT2D eigenvalue weighted by Crippen LogP contribution is 2.39. The molecule has 1 unspecified atom stereocenters. The molecule has 0 aliphatic carbocycles. The second kappa shape index (κ2) is 10.2. The van der Waals surface area contributed by atoms with Crippen LogP contribution in [-0.2, 0) is 12.7 Å². The van der Waals surface area contributed by atoms with Crippen LogP contribution in [0, 0.1) is 24.7 Å². The Hall–Kier alpha value is -3.51. The summed E-state index contributed by atoms with van der Waals surface area (Å²) in [6.07, 6.45) is 8.45. The summed E-state index contributed by atoms with van der Waals surface area (Å²) in [6.45, 7) is 0.227. The summed E-state index contributed by atoms with van der Waals surface area (Å²) in [5.41, 5.74) is 0.0386. The van der Waals surface area contributed by atoms with Crippen molar-refractivity contribution in [3.05, 3.63) is 65.4 Å². The van der Waals surface area contributed by atoms with Crippen LogP contribution in [0.1, 0.15) is 59.6 Å². The van der Waals surface area contributed by atoms with E-state index in [2.05, 4.69) is 16.9 Å². The number of fused-ring (bicyclic) bond motifs is 1. The molecule has 2 aromatic carbocycles. The van der Waals surface area contributed by atoms with Crippen LogP contribution < -0.4 is 0 Å². The highest BCUT2D eigenvalue weighted by molar-refractivity contribution is 6.03. The van der Waals surface area contributed by atoms with Crippen LogP contribution in [0.2, 0.25) is 0 Å². The summed E-state index contributed by atoms with van der Waals surface area (Å²) >= 11 is 0. The first-order valence-corrected chi connectivity index (χ1v) is 10.4. The Balaban J connectivity index is 2.17. The molecule has 0 aliphatic heterocycles. The third-order valence-electron chi connectivity index (χ3n) is 5.31. The fraction of sp³-hybridized carbons (Fsp3) is 0.308. The molecule has 32 heavy (non-hydrogen) atoms. The SMILES string of the molecule is C#CCCCC(C(=O)c1ccccc1)c1nn(CCCC#C)c2c(C(F)(F)F)cccc12. The molecule has 1 heterocycles. The first kappa shape index (κ1) is 23.2. The van der Waals surface area contributed by atoms with Gasteiger partial charge in [-0.15, -0.1) is 24.7 Å². The van der Waals surface area contributed by atoms with Gasteiger partial charge in [-0.25, -0.2) is 0 Å². The Morgan fingerprint density at radius 2 is 1.69 bits per heavy atom. The molecule has 3 aromatic rings. The number of alkyl halides is 3. The predicted octanol–water partition coefficient (Wildman–Crippen LogP) is 6.24. The molecule has 0 aliphatic rings. The maximum Gasteiger partial charge on any atom is 0.418 e. The number of terminal acetylenes is 2. The van der Waals surface area contributed by atoms with Crippen molar-refractivity contribution in [3.63, 3.8) is 0 Å². The normalized spacial score (nSPS) is 12.3. The molecule has 3 nitrogen and oxygen atoms in total. The number of benzene rings is 2. The zero-order valence-electron chi connectivity index (χ0n) is 17.5. The Kier molecular flexibility index (Phi) is 7.38. The summed E-state index contributed by atoms with van der Waals surface area (Å²) in [7, 11) is 0. The van der Waals surface area contributed by atoms with Gasteiger partial charge in [-0.05, 0) is 25.3 Å². The number of aryl methyl sites for hydroxylation is 1. The summed E-state index contributed by atoms with van der Waals surface area (Å²) < 4.78 is 42.8. The van der Waals surface area contributed by atoms with E-state index < -0.39 is 17.7 Å². The van der Waals surface area contributed by atoms with Gasteiger partial charge in [0.2, 0.25) is 0 Å². The first-order valence-electron chi connectivity index (χ1n) is 10.4. The van der Waals surface area contributed by atoms with Crippen LogP contribution in [0.25, 0.3) is 10.9 Å². The van der Waals surface area contributed by atoms with Crippen LogP contribution in [-0.4, -0.2) is 15.6 Å². The number of carbonyl (C=O) groups is 1. The van der Waals surface area contributed by atoms with E-state index in [0.717, 1.165) is 6.07 Å². The van der Waals surface area contributed by atoms with E-state index in [1.54, 1.807) is 36.4 Å². The fourth-order valence-electron chi connectivity index (χ4n) is 3.84. The molecule has 3 rings (SSSR count). The molecule has 1 atom stereocenters. The van der Waals surface area contributed by atoms with Crippen molar-refractivity contribution in [2.24, 2.45) is 0 Å². The summed E-state index contributed by atoms with van der Waals surface area (Å²) in [4.78, 5) is 13.4. The van der Waals surface area contributed by atoms with E-state index in [1.807, 2.05) is 0 Å². The number of nitrogens with zero attached hydrogens (tertiary/aromatic N) is 2. The lowest BCUT2D eigenvalue weighted by atomic mass is 9.88. The van der Waals surface area contributed by atoms with Crippen molar-refractivity contribution in [1.82, 2.24) is 9.78 Å². The van der Waals surface area contributed by atoms with Gasteiger partial charge in [0.15, 0.2) is 5.78 Å². The van der Waals surface area contributed by atoms with E-state index in [4.69, 9.17) is 12.8 Å². The van der Waals surface area contributed by atoms with E-state index in [0.29, 0.717) is 48.7 Å². The van der Waals surface area contributed by atoms with E-state index >= 15 is 0 Å². The van der Waals surface area contributed by atoms with Crippen LogP contribution in [0.15, 0.2) is 48.5 Å². The molecule has 0 radical (unpaired) electrons. The fourth-order valence-corrected chi connectivity index (χ4v) is 3.84. The summed E-state index contributed by atoms with van der Waals surface area (Å²) in [5, 5.41) is 4.87. The maximum atomic E-state index is 13.8. The third kappa shape index (κ3) is 5.03. The lowest BCUT2D eigenvalue weighted by molar-refractivity contribution is -0.136. The Labute approximate surface area is 185 Å². The maximum absolute atomic E-state index is 13.8. The van der Waals surface area contributed by atoms with Gasteiger partial charge in [-0.1, -0.05) is 42.5 Å². The van der Waals surface area contributed by atoms with Gasteiger partial charge in [0, 0.05) is 30.3 Å². The minimum absolute atomic E-state index is 0.0187. The quantitative estimate of drug-likeness (QED) is 0.226. The average molecular weight is 436 g/mol. The van der Waals surface area contributed by atoms with Gasteiger partial charge in [-0.2, -0.15) is 18.3 Å². The Morgan fingerprint density at radius 3 is 2.34 bits per heavy atom. The molecule has 164 valence electrons.